The smallest absolute Gasteiger partial charge is 0.422 e. The molecule has 14 heteroatoms. The molecule has 0 saturated heterocycles. The molecule has 0 spiro atoms. The molecule has 186 valence electrons. The van der Waals surface area contributed by atoms with Gasteiger partial charge in [-0.25, -0.2) is 19.2 Å². The quantitative estimate of drug-likeness (QED) is 0.365. The van der Waals surface area contributed by atoms with Gasteiger partial charge in [-0.2, -0.15) is 4.39 Å². The first-order chi connectivity index (χ1) is 15.9. The molecule has 0 bridgehead atoms. The molecule has 34 heavy (non-hydrogen) atoms. The van der Waals surface area contributed by atoms with Crippen LogP contribution in [0.15, 0.2) is 40.1 Å². The standard InChI is InChI=1S/C20H25FN3O9P/c1-12(2)32-18(26)13(3)23-34(29,11-30-4)33-15-7-5-14(6-8-15)10-31-20(28)24-9-16(21)17(25)22-19(24)27/h5-9,12-13H,10-11H2,1-4H3,(H,23,29)(H,22,25,27). The van der Waals surface area contributed by atoms with E-state index < -0.39 is 42.7 Å². The Bertz CT molecular complexity index is 1180. The molecule has 0 saturated carbocycles. The zero-order chi connectivity index (χ0) is 25.5. The van der Waals surface area contributed by atoms with Crippen LogP contribution in [0.1, 0.15) is 26.3 Å². The molecule has 0 aliphatic carbocycles. The second-order valence-electron chi connectivity index (χ2n) is 7.32. The lowest BCUT2D eigenvalue weighted by Crippen LogP contribution is -2.36. The molecule has 1 aromatic heterocycles. The van der Waals surface area contributed by atoms with Crippen LogP contribution in [0.5, 0.6) is 5.75 Å². The molecule has 2 N–H and O–H groups in total. The van der Waals surface area contributed by atoms with E-state index in [-0.39, 0.29) is 29.4 Å². The van der Waals surface area contributed by atoms with Crippen molar-refractivity contribution in [1.82, 2.24) is 14.6 Å². The van der Waals surface area contributed by atoms with Crippen LogP contribution in [0.2, 0.25) is 0 Å². The van der Waals surface area contributed by atoms with Crippen molar-refractivity contribution in [3.05, 3.63) is 62.7 Å². The number of carbonyl (C=O) groups is 2. The van der Waals surface area contributed by atoms with Gasteiger partial charge in [0, 0.05) is 7.11 Å². The number of hydrogen-bond donors (Lipinski definition) is 2. The van der Waals surface area contributed by atoms with Crippen molar-refractivity contribution >= 4 is 19.6 Å². The number of nitrogens with zero attached hydrogens (tertiary/aromatic N) is 1. The average Bonchev–Trinajstić information content (AvgIpc) is 2.75. The van der Waals surface area contributed by atoms with Gasteiger partial charge in [0.2, 0.25) is 5.82 Å². The highest BCUT2D eigenvalue weighted by atomic mass is 31.2. The summed E-state index contributed by atoms with van der Waals surface area (Å²) in [6, 6.07) is 4.94. The topological polar surface area (TPSA) is 155 Å². The Kier molecular flexibility index (Phi) is 9.30. The van der Waals surface area contributed by atoms with Gasteiger partial charge in [-0.05, 0) is 38.5 Å². The van der Waals surface area contributed by atoms with Gasteiger partial charge in [0.25, 0.3) is 5.56 Å². The Morgan fingerprint density at radius 2 is 1.82 bits per heavy atom. The lowest BCUT2D eigenvalue weighted by atomic mass is 10.2. The van der Waals surface area contributed by atoms with E-state index in [0.29, 0.717) is 11.8 Å². The number of halogens is 1. The molecule has 2 atom stereocenters. The molecule has 0 radical (unpaired) electrons. The van der Waals surface area contributed by atoms with Gasteiger partial charge in [-0.15, -0.1) is 0 Å². The Balaban J connectivity index is 2.03. The van der Waals surface area contributed by atoms with E-state index in [1.807, 2.05) is 0 Å². The summed E-state index contributed by atoms with van der Waals surface area (Å²) in [7, 11) is -2.33. The number of H-pyrrole nitrogens is 1. The first-order valence-corrected chi connectivity index (χ1v) is 11.8. The van der Waals surface area contributed by atoms with Gasteiger partial charge >= 0.3 is 25.3 Å². The minimum absolute atomic E-state index is 0.173. The summed E-state index contributed by atoms with van der Waals surface area (Å²) in [5, 5.41) is 2.61. The van der Waals surface area contributed by atoms with E-state index in [9.17, 15) is 28.1 Å². The van der Waals surface area contributed by atoms with Gasteiger partial charge in [0.15, 0.2) is 0 Å². The van der Waals surface area contributed by atoms with Crippen LogP contribution in [0, 0.1) is 5.82 Å². The van der Waals surface area contributed by atoms with Crippen molar-refractivity contribution in [3.63, 3.8) is 0 Å². The van der Waals surface area contributed by atoms with Crippen LogP contribution in [-0.2, 0) is 30.2 Å². The van der Waals surface area contributed by atoms with Crippen LogP contribution in [0.3, 0.4) is 0 Å². The van der Waals surface area contributed by atoms with Gasteiger partial charge in [-0.1, -0.05) is 12.1 Å². The molecule has 2 aromatic rings. The fourth-order valence-corrected chi connectivity index (χ4v) is 4.23. The van der Waals surface area contributed by atoms with E-state index in [1.54, 1.807) is 18.8 Å². The van der Waals surface area contributed by atoms with E-state index in [1.165, 1.54) is 38.3 Å². The SMILES string of the molecule is COCP(=O)(NC(C)C(=O)OC(C)C)Oc1ccc(COC(=O)n2cc(F)c(=O)[nH]c2=O)cc1. The van der Waals surface area contributed by atoms with Crippen molar-refractivity contribution in [1.29, 1.82) is 0 Å². The van der Waals surface area contributed by atoms with Crippen LogP contribution in [0.4, 0.5) is 9.18 Å². The van der Waals surface area contributed by atoms with Crippen LogP contribution < -0.4 is 20.9 Å². The summed E-state index contributed by atoms with van der Waals surface area (Å²) in [6.07, 6.45) is -1.44. The van der Waals surface area contributed by atoms with Gasteiger partial charge < -0.3 is 18.7 Å². The highest BCUT2D eigenvalue weighted by Crippen LogP contribution is 2.43. The maximum absolute atomic E-state index is 13.3. The molecule has 0 fully saturated rings. The monoisotopic (exact) mass is 501 g/mol. The lowest BCUT2D eigenvalue weighted by molar-refractivity contribution is -0.149. The second kappa shape index (κ2) is 11.7. The summed E-state index contributed by atoms with van der Waals surface area (Å²) in [6.45, 7) is 4.56. The Hall–Kier alpha value is -3.28. The normalized spacial score (nSPS) is 13.7. The van der Waals surface area contributed by atoms with E-state index in [0.717, 1.165) is 0 Å². The summed E-state index contributed by atoms with van der Waals surface area (Å²) < 4.78 is 47.2. The Morgan fingerprint density at radius 3 is 2.41 bits per heavy atom. The molecule has 1 heterocycles. The number of rotatable bonds is 10. The van der Waals surface area contributed by atoms with Gasteiger partial charge in [0.1, 0.15) is 24.7 Å². The van der Waals surface area contributed by atoms with Crippen molar-refractivity contribution in [2.75, 3.05) is 13.5 Å². The second-order valence-corrected chi connectivity index (χ2v) is 9.37. The number of hydrogen-bond acceptors (Lipinski definition) is 9. The zero-order valence-electron chi connectivity index (χ0n) is 18.9. The van der Waals surface area contributed by atoms with Crippen molar-refractivity contribution in [2.45, 2.75) is 39.5 Å². The molecular formula is C20H25FN3O9P. The Labute approximate surface area is 193 Å². The largest absolute Gasteiger partial charge is 0.462 e. The predicted octanol–water partition coefficient (Wildman–Crippen LogP) is 1.97. The molecule has 2 unspecified atom stereocenters. The number of methoxy groups -OCH3 is 1. The maximum atomic E-state index is 13.3. The Morgan fingerprint density at radius 1 is 1.18 bits per heavy atom. The fourth-order valence-electron chi connectivity index (χ4n) is 2.56. The van der Waals surface area contributed by atoms with Gasteiger partial charge in [-0.3, -0.25) is 19.1 Å². The lowest BCUT2D eigenvalue weighted by Gasteiger charge is -2.23. The highest BCUT2D eigenvalue weighted by Gasteiger charge is 2.30. The number of benzene rings is 1. The molecule has 1 aromatic carbocycles. The summed E-state index contributed by atoms with van der Waals surface area (Å²) in [5.74, 6) is -1.75. The van der Waals surface area contributed by atoms with Gasteiger partial charge in [0.05, 0.1) is 12.3 Å². The van der Waals surface area contributed by atoms with Crippen molar-refractivity contribution in [2.24, 2.45) is 0 Å². The minimum Gasteiger partial charge on any atom is -0.462 e. The molecule has 0 aliphatic rings. The summed E-state index contributed by atoms with van der Waals surface area (Å²) >= 11 is 0. The maximum Gasteiger partial charge on any atom is 0.422 e. The number of nitrogens with one attached hydrogen (secondary N) is 2. The predicted molar refractivity (Wildman–Crippen MR) is 117 cm³/mol. The number of ether oxygens (including phenoxy) is 3. The molecule has 12 nitrogen and oxygen atoms in total. The molecule has 0 amide bonds. The third kappa shape index (κ3) is 7.65. The molecule has 0 aliphatic heterocycles. The first-order valence-electron chi connectivity index (χ1n) is 9.97. The third-order valence-electron chi connectivity index (χ3n) is 4.03. The number of esters is 1. The average molecular weight is 501 g/mol. The van der Waals surface area contributed by atoms with E-state index in [4.69, 9.17) is 18.7 Å². The van der Waals surface area contributed by atoms with Crippen LogP contribution in [0.25, 0.3) is 0 Å². The number of aromatic amines is 1. The van der Waals surface area contributed by atoms with E-state index >= 15 is 0 Å². The zero-order valence-corrected chi connectivity index (χ0v) is 19.8. The van der Waals surface area contributed by atoms with E-state index in [2.05, 4.69) is 5.09 Å². The van der Waals surface area contributed by atoms with Crippen LogP contribution in [-0.4, -0.2) is 47.2 Å². The summed E-state index contributed by atoms with van der Waals surface area (Å²) in [5.41, 5.74) is -1.94. The fraction of sp³-hybridized carbons (Fsp3) is 0.400. The summed E-state index contributed by atoms with van der Waals surface area (Å²) in [4.78, 5) is 48.3. The third-order valence-corrected chi connectivity index (χ3v) is 5.91. The minimum atomic E-state index is -3.66. The van der Waals surface area contributed by atoms with Crippen molar-refractivity contribution < 1.29 is 37.3 Å². The number of carbonyl (C=O) groups excluding carboxylic acids is 2. The highest BCUT2D eigenvalue weighted by molar-refractivity contribution is 7.57. The molecule has 2 rings (SSSR count). The van der Waals surface area contributed by atoms with Crippen LogP contribution >= 0.6 is 7.52 Å². The number of aromatic nitrogens is 2. The first kappa shape index (κ1) is 27.0. The van der Waals surface area contributed by atoms with Crippen molar-refractivity contribution in [3.8, 4) is 5.75 Å². The molecular weight excluding hydrogens is 476 g/mol.